The normalized spacial score (nSPS) is 21.2. The van der Waals surface area contributed by atoms with E-state index in [9.17, 15) is 9.50 Å². The van der Waals surface area contributed by atoms with E-state index in [-0.39, 0.29) is 5.82 Å². The minimum atomic E-state index is -0.652. The van der Waals surface area contributed by atoms with E-state index in [0.29, 0.717) is 17.7 Å². The molecule has 1 N–H and O–H groups in total. The Morgan fingerprint density at radius 3 is 2.80 bits per heavy atom. The summed E-state index contributed by atoms with van der Waals surface area (Å²) in [6.45, 7) is 1.91. The molecular formula is C16H14BrFO2. The van der Waals surface area contributed by atoms with Gasteiger partial charge in [-0.25, -0.2) is 4.39 Å². The molecule has 0 amide bonds. The van der Waals surface area contributed by atoms with Crippen LogP contribution < -0.4 is 4.74 Å². The van der Waals surface area contributed by atoms with Crippen molar-refractivity contribution in [2.45, 2.75) is 25.6 Å². The monoisotopic (exact) mass is 336 g/mol. The molecule has 1 unspecified atom stereocenters. The summed E-state index contributed by atoms with van der Waals surface area (Å²) in [7, 11) is 0. The first-order valence-electron chi connectivity index (χ1n) is 6.45. The number of halogens is 2. The molecule has 2 aromatic carbocycles. The highest BCUT2D eigenvalue weighted by atomic mass is 79.9. The van der Waals surface area contributed by atoms with E-state index in [0.717, 1.165) is 15.6 Å². The van der Waals surface area contributed by atoms with Crippen LogP contribution in [-0.2, 0) is 0 Å². The van der Waals surface area contributed by atoms with Crippen molar-refractivity contribution in [3.63, 3.8) is 0 Å². The third kappa shape index (κ3) is 2.45. The molecule has 1 aliphatic rings. The Kier molecular flexibility index (Phi) is 3.52. The van der Waals surface area contributed by atoms with Gasteiger partial charge >= 0.3 is 0 Å². The van der Waals surface area contributed by atoms with Crippen LogP contribution in [0.3, 0.4) is 0 Å². The van der Waals surface area contributed by atoms with Crippen LogP contribution in [0.2, 0.25) is 0 Å². The first-order valence-corrected chi connectivity index (χ1v) is 7.24. The van der Waals surface area contributed by atoms with Crippen molar-refractivity contribution >= 4 is 15.9 Å². The Bertz CT molecular complexity index is 657. The second-order valence-corrected chi connectivity index (χ2v) is 5.98. The molecule has 0 saturated carbocycles. The Morgan fingerprint density at radius 2 is 2.00 bits per heavy atom. The Labute approximate surface area is 125 Å². The van der Waals surface area contributed by atoms with Gasteiger partial charge < -0.3 is 9.84 Å². The molecule has 0 aliphatic carbocycles. The SMILES string of the molecule is Cc1ccc(F)c(C2C[C@H](O)c3cc(Br)ccc3O2)c1. The second kappa shape index (κ2) is 5.19. The summed E-state index contributed by atoms with van der Waals surface area (Å²) in [6.07, 6.45) is -0.760. The largest absolute Gasteiger partial charge is 0.485 e. The zero-order valence-corrected chi connectivity index (χ0v) is 12.5. The lowest BCUT2D eigenvalue weighted by Gasteiger charge is -2.30. The Morgan fingerprint density at radius 1 is 1.20 bits per heavy atom. The van der Waals surface area contributed by atoms with Gasteiger partial charge in [0, 0.05) is 22.0 Å². The highest BCUT2D eigenvalue weighted by Gasteiger charge is 2.29. The van der Waals surface area contributed by atoms with Gasteiger partial charge in [-0.3, -0.25) is 0 Å². The lowest BCUT2D eigenvalue weighted by molar-refractivity contribution is 0.0639. The first kappa shape index (κ1) is 13.6. The fraction of sp³-hybridized carbons (Fsp3) is 0.250. The summed E-state index contributed by atoms with van der Waals surface area (Å²) in [6, 6.07) is 10.4. The quantitative estimate of drug-likeness (QED) is 0.833. The number of aliphatic hydroxyl groups excluding tert-OH is 1. The maximum atomic E-state index is 14.0. The van der Waals surface area contributed by atoms with Gasteiger partial charge in [0.05, 0.1) is 6.10 Å². The molecule has 104 valence electrons. The summed E-state index contributed by atoms with van der Waals surface area (Å²) in [5.41, 5.74) is 2.21. The molecule has 1 heterocycles. The minimum Gasteiger partial charge on any atom is -0.485 e. The van der Waals surface area contributed by atoms with Crippen LogP contribution in [0, 0.1) is 12.7 Å². The molecule has 0 bridgehead atoms. The average molecular weight is 337 g/mol. The van der Waals surface area contributed by atoms with Crippen LogP contribution in [-0.4, -0.2) is 5.11 Å². The zero-order valence-electron chi connectivity index (χ0n) is 10.9. The van der Waals surface area contributed by atoms with Crippen LogP contribution >= 0.6 is 15.9 Å². The smallest absolute Gasteiger partial charge is 0.130 e. The molecule has 0 saturated heterocycles. The first-order chi connectivity index (χ1) is 9.54. The van der Waals surface area contributed by atoms with Gasteiger partial charge in [-0.05, 0) is 37.3 Å². The number of benzene rings is 2. The highest BCUT2D eigenvalue weighted by Crippen LogP contribution is 2.42. The molecule has 20 heavy (non-hydrogen) atoms. The van der Waals surface area contributed by atoms with Crippen molar-refractivity contribution in [1.29, 1.82) is 0 Å². The van der Waals surface area contributed by atoms with E-state index in [1.54, 1.807) is 18.2 Å². The lowest BCUT2D eigenvalue weighted by Crippen LogP contribution is -2.20. The summed E-state index contributed by atoms with van der Waals surface area (Å²) in [5, 5.41) is 10.3. The maximum absolute atomic E-state index is 14.0. The van der Waals surface area contributed by atoms with Crippen molar-refractivity contribution in [1.82, 2.24) is 0 Å². The number of aryl methyl sites for hydroxylation is 1. The summed E-state index contributed by atoms with van der Waals surface area (Å²) in [5.74, 6) is 0.311. The topological polar surface area (TPSA) is 29.5 Å². The van der Waals surface area contributed by atoms with Crippen LogP contribution in [0.5, 0.6) is 5.75 Å². The van der Waals surface area contributed by atoms with Crippen molar-refractivity contribution in [3.8, 4) is 5.75 Å². The predicted octanol–water partition coefficient (Wildman–Crippen LogP) is 4.45. The van der Waals surface area contributed by atoms with Gasteiger partial charge in [-0.2, -0.15) is 0 Å². The van der Waals surface area contributed by atoms with Crippen LogP contribution in [0.4, 0.5) is 4.39 Å². The summed E-state index contributed by atoms with van der Waals surface area (Å²) >= 11 is 3.37. The van der Waals surface area contributed by atoms with Crippen LogP contribution in [0.15, 0.2) is 40.9 Å². The third-order valence-electron chi connectivity index (χ3n) is 3.54. The van der Waals surface area contributed by atoms with Gasteiger partial charge in [0.15, 0.2) is 0 Å². The molecule has 1 aliphatic heterocycles. The fourth-order valence-corrected chi connectivity index (χ4v) is 2.90. The van der Waals surface area contributed by atoms with E-state index in [2.05, 4.69) is 15.9 Å². The summed E-state index contributed by atoms with van der Waals surface area (Å²) < 4.78 is 20.7. The van der Waals surface area contributed by atoms with E-state index in [4.69, 9.17) is 4.74 Å². The second-order valence-electron chi connectivity index (χ2n) is 5.07. The minimum absolute atomic E-state index is 0.298. The molecule has 2 nitrogen and oxygen atoms in total. The Hall–Kier alpha value is -1.39. The molecule has 0 spiro atoms. The van der Waals surface area contributed by atoms with Gasteiger partial charge in [-0.15, -0.1) is 0 Å². The molecule has 0 aromatic heterocycles. The van der Waals surface area contributed by atoms with Gasteiger partial charge in [0.1, 0.15) is 17.7 Å². The number of aliphatic hydroxyl groups is 1. The zero-order chi connectivity index (χ0) is 14.3. The predicted molar refractivity (Wildman–Crippen MR) is 78.2 cm³/mol. The number of ether oxygens (including phenoxy) is 1. The van der Waals surface area contributed by atoms with Crippen molar-refractivity contribution < 1.29 is 14.2 Å². The van der Waals surface area contributed by atoms with Gasteiger partial charge in [0.25, 0.3) is 0 Å². The molecular weight excluding hydrogens is 323 g/mol. The Balaban J connectivity index is 1.99. The highest BCUT2D eigenvalue weighted by molar-refractivity contribution is 9.10. The molecule has 0 fully saturated rings. The van der Waals surface area contributed by atoms with Crippen molar-refractivity contribution in [2.75, 3.05) is 0 Å². The van der Waals surface area contributed by atoms with E-state index in [1.165, 1.54) is 6.07 Å². The number of hydrogen-bond acceptors (Lipinski definition) is 2. The third-order valence-corrected chi connectivity index (χ3v) is 4.03. The van der Waals surface area contributed by atoms with Gasteiger partial charge in [0.2, 0.25) is 0 Å². The van der Waals surface area contributed by atoms with Crippen molar-refractivity contribution in [3.05, 3.63) is 63.4 Å². The number of fused-ring (bicyclic) bond motifs is 1. The van der Waals surface area contributed by atoms with E-state index in [1.807, 2.05) is 19.1 Å². The standard InChI is InChI=1S/C16H14BrFO2/c1-9-2-4-13(18)11(6-9)16-8-14(19)12-7-10(17)3-5-15(12)20-16/h2-7,14,16,19H,8H2,1H3/t14-,16?/m0/s1. The number of rotatable bonds is 1. The van der Waals surface area contributed by atoms with Crippen molar-refractivity contribution in [2.24, 2.45) is 0 Å². The molecule has 3 rings (SSSR count). The lowest BCUT2D eigenvalue weighted by atomic mass is 9.94. The van der Waals surface area contributed by atoms with E-state index >= 15 is 0 Å². The average Bonchev–Trinajstić information content (AvgIpc) is 2.42. The molecule has 2 atom stereocenters. The van der Waals surface area contributed by atoms with Crippen LogP contribution in [0.1, 0.15) is 35.3 Å². The van der Waals surface area contributed by atoms with Gasteiger partial charge in [-0.1, -0.05) is 27.6 Å². The molecule has 2 aromatic rings. The molecule has 0 radical (unpaired) electrons. The molecule has 4 heteroatoms. The maximum Gasteiger partial charge on any atom is 0.130 e. The summed E-state index contributed by atoms with van der Waals surface area (Å²) in [4.78, 5) is 0. The fourth-order valence-electron chi connectivity index (χ4n) is 2.52. The van der Waals surface area contributed by atoms with Crippen LogP contribution in [0.25, 0.3) is 0 Å². The number of hydrogen-bond donors (Lipinski definition) is 1. The van der Waals surface area contributed by atoms with E-state index < -0.39 is 12.2 Å².